The number of hydrogen-bond donors (Lipinski definition) is 1. The molecule has 19 heavy (non-hydrogen) atoms. The van der Waals surface area contributed by atoms with Gasteiger partial charge in [0.05, 0.1) is 20.6 Å². The molecule has 5 heteroatoms. The number of nitrogens with two attached hydrogens (primary N) is 1. The summed E-state index contributed by atoms with van der Waals surface area (Å²) in [5.41, 5.74) is 10.8. The molecule has 0 atom stereocenters. The third-order valence-corrected chi connectivity index (χ3v) is 3.54. The highest BCUT2D eigenvalue weighted by Gasteiger charge is 2.30. The largest absolute Gasteiger partial charge is 0.326 e. The van der Waals surface area contributed by atoms with Crippen molar-refractivity contribution in [1.29, 1.82) is 0 Å². The normalized spacial score (nSPS) is 16.3. The molecule has 0 saturated carbocycles. The van der Waals surface area contributed by atoms with Gasteiger partial charge >= 0.3 is 0 Å². The Labute approximate surface area is 112 Å². The molecule has 0 fully saturated rings. The van der Waals surface area contributed by atoms with E-state index >= 15 is 0 Å². The van der Waals surface area contributed by atoms with Crippen LogP contribution in [0.5, 0.6) is 0 Å². The lowest BCUT2D eigenvalue weighted by molar-refractivity contribution is 0.550. The van der Waals surface area contributed by atoms with Crippen LogP contribution in [0, 0.1) is 0 Å². The first-order valence-corrected chi connectivity index (χ1v) is 6.32. The van der Waals surface area contributed by atoms with Crippen molar-refractivity contribution in [2.24, 2.45) is 5.73 Å². The Hall–Kier alpha value is -1.98. The topological polar surface area (TPSA) is 56.7 Å². The number of aromatic nitrogens is 3. The first-order valence-electron chi connectivity index (χ1n) is 6.32. The van der Waals surface area contributed by atoms with Crippen molar-refractivity contribution >= 4 is 11.3 Å². The van der Waals surface area contributed by atoms with Gasteiger partial charge in [-0.1, -0.05) is 6.07 Å². The van der Waals surface area contributed by atoms with Crippen LogP contribution in [0.25, 0.3) is 5.57 Å². The number of hydrogen-bond acceptors (Lipinski definition) is 3. The summed E-state index contributed by atoms with van der Waals surface area (Å²) < 4.78 is 2.58. The first-order chi connectivity index (χ1) is 9.10. The zero-order valence-electron chi connectivity index (χ0n) is 11.2. The van der Waals surface area contributed by atoms with E-state index in [1.54, 1.807) is 12.7 Å². The van der Waals surface area contributed by atoms with Crippen molar-refractivity contribution in [3.8, 4) is 0 Å². The molecule has 0 spiro atoms. The molecular weight excluding hydrogens is 238 g/mol. The van der Waals surface area contributed by atoms with Crippen molar-refractivity contribution < 1.29 is 0 Å². The molecule has 3 rings (SSSR count). The molecular formula is C14H18N5+. The molecule has 1 aliphatic rings. The minimum Gasteiger partial charge on any atom is -0.326 e. The minimum atomic E-state index is 0.571. The second kappa shape index (κ2) is 4.29. The Balaban J connectivity index is 1.98. The fourth-order valence-electron chi connectivity index (χ4n) is 2.63. The molecule has 1 aliphatic heterocycles. The average Bonchev–Trinajstić information content (AvgIpc) is 2.96. The van der Waals surface area contributed by atoms with Crippen LogP contribution in [0.4, 0.5) is 5.69 Å². The standard InChI is InChI=1S/C14H18N5/c1-19(2)8-12(6-15)13-5-11(3-4-14(13)19)7-18-10-16-9-17-18/h3-5,8-10H,6-7,15H2,1-2H3/q+1. The average molecular weight is 256 g/mol. The van der Waals surface area contributed by atoms with Crippen LogP contribution in [0.2, 0.25) is 0 Å². The van der Waals surface area contributed by atoms with Crippen LogP contribution in [-0.2, 0) is 6.54 Å². The third kappa shape index (κ3) is 2.07. The van der Waals surface area contributed by atoms with Crippen molar-refractivity contribution in [2.45, 2.75) is 6.54 Å². The number of rotatable bonds is 3. The zero-order chi connectivity index (χ0) is 13.5. The van der Waals surface area contributed by atoms with Crippen LogP contribution in [0.3, 0.4) is 0 Å². The van der Waals surface area contributed by atoms with Gasteiger partial charge in [-0.2, -0.15) is 5.10 Å². The number of quaternary nitrogens is 1. The highest BCUT2D eigenvalue weighted by molar-refractivity contribution is 5.83. The number of nitrogens with zero attached hydrogens (tertiary/aromatic N) is 4. The Morgan fingerprint density at radius 2 is 2.16 bits per heavy atom. The second-order valence-corrected chi connectivity index (χ2v) is 5.34. The highest BCUT2D eigenvalue weighted by atomic mass is 15.3. The lowest BCUT2D eigenvalue weighted by Crippen LogP contribution is -2.31. The third-order valence-electron chi connectivity index (χ3n) is 3.54. The van der Waals surface area contributed by atoms with Gasteiger partial charge in [0, 0.05) is 23.7 Å². The fraction of sp³-hybridized carbons (Fsp3) is 0.286. The van der Waals surface area contributed by atoms with E-state index in [1.807, 2.05) is 4.68 Å². The molecule has 98 valence electrons. The quantitative estimate of drug-likeness (QED) is 0.840. The van der Waals surface area contributed by atoms with Gasteiger partial charge in [-0.15, -0.1) is 0 Å². The van der Waals surface area contributed by atoms with Gasteiger partial charge in [-0.25, -0.2) is 9.67 Å². The van der Waals surface area contributed by atoms with Crippen molar-refractivity contribution in [1.82, 2.24) is 19.2 Å². The number of benzene rings is 1. The van der Waals surface area contributed by atoms with Gasteiger partial charge in [-0.3, -0.25) is 4.48 Å². The van der Waals surface area contributed by atoms with E-state index < -0.39 is 0 Å². The van der Waals surface area contributed by atoms with E-state index in [0.717, 1.165) is 11.0 Å². The summed E-state index contributed by atoms with van der Waals surface area (Å²) in [6.45, 7) is 1.31. The smallest absolute Gasteiger partial charge is 0.144 e. The fourth-order valence-corrected chi connectivity index (χ4v) is 2.63. The van der Waals surface area contributed by atoms with Crippen LogP contribution < -0.4 is 10.2 Å². The molecule has 0 saturated heterocycles. The monoisotopic (exact) mass is 256 g/mol. The summed E-state index contributed by atoms with van der Waals surface area (Å²) in [6, 6.07) is 6.54. The minimum absolute atomic E-state index is 0.571. The van der Waals surface area contributed by atoms with Crippen molar-refractivity contribution in [2.75, 3.05) is 20.6 Å². The van der Waals surface area contributed by atoms with E-state index in [9.17, 15) is 0 Å². The van der Waals surface area contributed by atoms with Gasteiger partial charge in [0.1, 0.15) is 24.5 Å². The summed E-state index contributed by atoms with van der Waals surface area (Å²) in [6.07, 6.45) is 5.50. The Bertz CT molecular complexity index is 625. The summed E-state index contributed by atoms with van der Waals surface area (Å²) in [5, 5.41) is 4.14. The van der Waals surface area contributed by atoms with Gasteiger partial charge in [-0.05, 0) is 11.6 Å². The zero-order valence-corrected chi connectivity index (χ0v) is 11.2. The molecule has 0 unspecified atom stereocenters. The van der Waals surface area contributed by atoms with Crippen LogP contribution in [-0.4, -0.2) is 35.4 Å². The highest BCUT2D eigenvalue weighted by Crippen LogP contribution is 2.37. The summed E-state index contributed by atoms with van der Waals surface area (Å²) >= 11 is 0. The predicted molar refractivity (Wildman–Crippen MR) is 76.2 cm³/mol. The van der Waals surface area contributed by atoms with Crippen LogP contribution in [0.1, 0.15) is 11.1 Å². The van der Waals surface area contributed by atoms with E-state index in [-0.39, 0.29) is 0 Å². The van der Waals surface area contributed by atoms with Gasteiger partial charge in [0.2, 0.25) is 0 Å². The summed E-state index contributed by atoms with van der Waals surface area (Å²) in [4.78, 5) is 3.96. The molecule has 0 aliphatic carbocycles. The second-order valence-electron chi connectivity index (χ2n) is 5.34. The SMILES string of the molecule is C[N+]1(C)C=C(CN)c2cc(Cn3cncn3)ccc21. The lowest BCUT2D eigenvalue weighted by atomic mass is 10.0. The van der Waals surface area contributed by atoms with Gasteiger partial charge < -0.3 is 5.73 Å². The lowest BCUT2D eigenvalue weighted by Gasteiger charge is -2.21. The molecule has 2 N–H and O–H groups in total. The maximum absolute atomic E-state index is 5.85. The predicted octanol–water partition coefficient (Wildman–Crippen LogP) is 1.21. The van der Waals surface area contributed by atoms with Crippen molar-refractivity contribution in [3.63, 3.8) is 0 Å². The van der Waals surface area contributed by atoms with Gasteiger partial charge in [0.15, 0.2) is 0 Å². The van der Waals surface area contributed by atoms with Crippen LogP contribution >= 0.6 is 0 Å². The maximum atomic E-state index is 5.85. The molecule has 0 bridgehead atoms. The van der Waals surface area contributed by atoms with Crippen LogP contribution in [0.15, 0.2) is 37.1 Å². The first kappa shape index (κ1) is 12.1. The Morgan fingerprint density at radius 1 is 1.32 bits per heavy atom. The maximum Gasteiger partial charge on any atom is 0.144 e. The van der Waals surface area contributed by atoms with E-state index in [0.29, 0.717) is 6.54 Å². The van der Waals surface area contributed by atoms with E-state index in [1.165, 1.54) is 22.4 Å². The summed E-state index contributed by atoms with van der Waals surface area (Å²) in [5.74, 6) is 0. The van der Waals surface area contributed by atoms with Crippen molar-refractivity contribution in [3.05, 3.63) is 48.2 Å². The molecule has 0 radical (unpaired) electrons. The number of fused-ring (bicyclic) bond motifs is 1. The Kier molecular flexibility index (Phi) is 2.73. The summed E-state index contributed by atoms with van der Waals surface area (Å²) in [7, 11) is 4.33. The van der Waals surface area contributed by atoms with E-state index in [2.05, 4.69) is 48.6 Å². The molecule has 1 aromatic heterocycles. The molecule has 5 nitrogen and oxygen atoms in total. The van der Waals surface area contributed by atoms with Gasteiger partial charge in [0.25, 0.3) is 0 Å². The van der Waals surface area contributed by atoms with E-state index in [4.69, 9.17) is 5.73 Å². The molecule has 2 aromatic rings. The Morgan fingerprint density at radius 3 is 2.84 bits per heavy atom. The molecule has 0 amide bonds. The molecule has 1 aromatic carbocycles. The molecule has 2 heterocycles.